The largest absolute Gasteiger partial charge is 0.378 e. The van der Waals surface area contributed by atoms with Crippen LogP contribution in [0.3, 0.4) is 0 Å². The van der Waals surface area contributed by atoms with Gasteiger partial charge >= 0.3 is 0 Å². The van der Waals surface area contributed by atoms with Crippen molar-refractivity contribution in [2.45, 2.75) is 51.7 Å². The summed E-state index contributed by atoms with van der Waals surface area (Å²) in [6, 6.07) is 0. The molecule has 0 aliphatic carbocycles. The van der Waals surface area contributed by atoms with Crippen LogP contribution in [-0.2, 0) is 16.7 Å². The molecule has 1 aliphatic rings. The molecule has 2 rings (SSSR count). The van der Waals surface area contributed by atoms with E-state index in [1.165, 1.54) is 0 Å². The third-order valence-corrected chi connectivity index (χ3v) is 3.06. The minimum Gasteiger partial charge on any atom is -0.378 e. The van der Waals surface area contributed by atoms with E-state index in [1.807, 2.05) is 13.8 Å². The SMILES string of the molecule is CCNC(C)(C)c1nc(CC2CCCO2)no1. The Morgan fingerprint density at radius 1 is 1.47 bits per heavy atom. The summed E-state index contributed by atoms with van der Waals surface area (Å²) >= 11 is 0. The van der Waals surface area contributed by atoms with E-state index in [4.69, 9.17) is 9.26 Å². The summed E-state index contributed by atoms with van der Waals surface area (Å²) < 4.78 is 10.9. The topological polar surface area (TPSA) is 60.2 Å². The summed E-state index contributed by atoms with van der Waals surface area (Å²) in [6.07, 6.45) is 3.26. The molecule has 0 bridgehead atoms. The van der Waals surface area contributed by atoms with Gasteiger partial charge in [-0.05, 0) is 33.2 Å². The van der Waals surface area contributed by atoms with E-state index in [9.17, 15) is 0 Å². The van der Waals surface area contributed by atoms with Gasteiger partial charge < -0.3 is 14.6 Å². The Labute approximate surface area is 102 Å². The van der Waals surface area contributed by atoms with Crippen LogP contribution in [0.1, 0.15) is 45.3 Å². The lowest BCUT2D eigenvalue weighted by Crippen LogP contribution is -2.36. The summed E-state index contributed by atoms with van der Waals surface area (Å²) in [6.45, 7) is 7.87. The highest BCUT2D eigenvalue weighted by Gasteiger charge is 2.27. The van der Waals surface area contributed by atoms with Crippen LogP contribution in [0.2, 0.25) is 0 Å². The second-order valence-electron chi connectivity index (χ2n) is 5.01. The molecule has 1 fully saturated rings. The third kappa shape index (κ3) is 3.04. The number of nitrogens with zero attached hydrogens (tertiary/aromatic N) is 2. The maximum absolute atomic E-state index is 5.56. The molecular formula is C12H21N3O2. The van der Waals surface area contributed by atoms with Gasteiger partial charge in [0.2, 0.25) is 5.89 Å². The van der Waals surface area contributed by atoms with Gasteiger partial charge in [0.05, 0.1) is 11.6 Å². The summed E-state index contributed by atoms with van der Waals surface area (Å²) in [5.41, 5.74) is -0.267. The van der Waals surface area contributed by atoms with Crippen molar-refractivity contribution in [2.24, 2.45) is 0 Å². The lowest BCUT2D eigenvalue weighted by molar-refractivity contribution is 0.109. The van der Waals surface area contributed by atoms with Gasteiger partial charge in [-0.3, -0.25) is 0 Å². The van der Waals surface area contributed by atoms with Crippen LogP contribution in [0.25, 0.3) is 0 Å². The molecule has 0 radical (unpaired) electrons. The first-order chi connectivity index (χ1) is 8.12. The van der Waals surface area contributed by atoms with Gasteiger partial charge in [-0.15, -0.1) is 0 Å². The van der Waals surface area contributed by atoms with E-state index in [0.29, 0.717) is 5.89 Å². The molecular weight excluding hydrogens is 218 g/mol. The Bertz CT molecular complexity index is 356. The van der Waals surface area contributed by atoms with E-state index in [1.54, 1.807) is 0 Å². The van der Waals surface area contributed by atoms with Crippen molar-refractivity contribution in [1.82, 2.24) is 15.5 Å². The standard InChI is InChI=1S/C12H21N3O2/c1-4-13-12(2,3)11-14-10(15-17-11)8-9-6-5-7-16-9/h9,13H,4-8H2,1-3H3. The maximum atomic E-state index is 5.56. The summed E-state index contributed by atoms with van der Waals surface area (Å²) in [4.78, 5) is 4.44. The van der Waals surface area contributed by atoms with Crippen molar-refractivity contribution in [2.75, 3.05) is 13.2 Å². The number of ether oxygens (including phenoxy) is 1. The van der Waals surface area contributed by atoms with Crippen molar-refractivity contribution >= 4 is 0 Å². The Hall–Kier alpha value is -0.940. The maximum Gasteiger partial charge on any atom is 0.246 e. The molecule has 0 amide bonds. The predicted octanol–water partition coefficient (Wildman–Crippen LogP) is 1.64. The fourth-order valence-corrected chi connectivity index (χ4v) is 2.12. The second kappa shape index (κ2) is 5.14. The zero-order chi connectivity index (χ0) is 12.3. The zero-order valence-corrected chi connectivity index (χ0v) is 10.8. The van der Waals surface area contributed by atoms with Crippen molar-refractivity contribution in [3.05, 3.63) is 11.7 Å². The fourth-order valence-electron chi connectivity index (χ4n) is 2.12. The number of hydrogen-bond acceptors (Lipinski definition) is 5. The van der Waals surface area contributed by atoms with Crippen LogP contribution < -0.4 is 5.32 Å². The Morgan fingerprint density at radius 2 is 2.29 bits per heavy atom. The molecule has 1 unspecified atom stereocenters. The molecule has 5 nitrogen and oxygen atoms in total. The summed E-state index contributed by atoms with van der Waals surface area (Å²) in [5, 5.41) is 7.34. The number of hydrogen-bond donors (Lipinski definition) is 1. The Morgan fingerprint density at radius 3 is 2.94 bits per heavy atom. The van der Waals surface area contributed by atoms with Crippen LogP contribution in [-0.4, -0.2) is 29.4 Å². The minimum absolute atomic E-state index is 0.266. The predicted molar refractivity (Wildman–Crippen MR) is 63.7 cm³/mol. The smallest absolute Gasteiger partial charge is 0.246 e. The monoisotopic (exact) mass is 239 g/mol. The molecule has 1 atom stereocenters. The van der Waals surface area contributed by atoms with Gasteiger partial charge in [-0.1, -0.05) is 12.1 Å². The molecule has 0 aromatic carbocycles. The van der Waals surface area contributed by atoms with Crippen LogP contribution in [0.15, 0.2) is 4.52 Å². The van der Waals surface area contributed by atoms with Gasteiger partial charge in [0.1, 0.15) is 0 Å². The van der Waals surface area contributed by atoms with E-state index in [0.717, 1.165) is 38.2 Å². The number of aromatic nitrogens is 2. The van der Waals surface area contributed by atoms with Gasteiger partial charge in [0.25, 0.3) is 0 Å². The van der Waals surface area contributed by atoms with Gasteiger partial charge in [0.15, 0.2) is 5.82 Å². The first kappa shape index (κ1) is 12.5. The second-order valence-corrected chi connectivity index (χ2v) is 5.01. The van der Waals surface area contributed by atoms with Crippen molar-refractivity contribution in [1.29, 1.82) is 0 Å². The summed E-state index contributed by atoms with van der Waals surface area (Å²) in [7, 11) is 0. The quantitative estimate of drug-likeness (QED) is 0.846. The third-order valence-electron chi connectivity index (χ3n) is 3.06. The van der Waals surface area contributed by atoms with E-state index in [-0.39, 0.29) is 11.6 Å². The molecule has 1 aromatic heterocycles. The Kier molecular flexibility index (Phi) is 3.79. The number of nitrogens with one attached hydrogen (secondary N) is 1. The molecule has 0 saturated carbocycles. The molecule has 1 N–H and O–H groups in total. The average molecular weight is 239 g/mol. The van der Waals surface area contributed by atoms with E-state index < -0.39 is 0 Å². The highest BCUT2D eigenvalue weighted by atomic mass is 16.5. The first-order valence-corrected chi connectivity index (χ1v) is 6.31. The molecule has 17 heavy (non-hydrogen) atoms. The minimum atomic E-state index is -0.267. The lowest BCUT2D eigenvalue weighted by Gasteiger charge is -2.20. The average Bonchev–Trinajstić information content (AvgIpc) is 2.89. The highest BCUT2D eigenvalue weighted by Crippen LogP contribution is 2.20. The van der Waals surface area contributed by atoms with Crippen molar-refractivity contribution in [3.63, 3.8) is 0 Å². The first-order valence-electron chi connectivity index (χ1n) is 6.31. The molecule has 1 aromatic rings. The van der Waals surface area contributed by atoms with Crippen molar-refractivity contribution in [3.8, 4) is 0 Å². The number of rotatable bonds is 5. The molecule has 1 aliphatic heterocycles. The van der Waals surface area contributed by atoms with Crippen LogP contribution in [0.4, 0.5) is 0 Å². The molecule has 5 heteroatoms. The van der Waals surface area contributed by atoms with E-state index >= 15 is 0 Å². The molecule has 0 spiro atoms. The van der Waals surface area contributed by atoms with Gasteiger partial charge in [-0.2, -0.15) is 4.98 Å². The normalized spacial score (nSPS) is 21.0. The fraction of sp³-hybridized carbons (Fsp3) is 0.833. The zero-order valence-electron chi connectivity index (χ0n) is 10.8. The van der Waals surface area contributed by atoms with Crippen molar-refractivity contribution < 1.29 is 9.26 Å². The van der Waals surface area contributed by atoms with Gasteiger partial charge in [-0.25, -0.2) is 0 Å². The molecule has 1 saturated heterocycles. The summed E-state index contributed by atoms with van der Waals surface area (Å²) in [5.74, 6) is 1.39. The van der Waals surface area contributed by atoms with Crippen LogP contribution in [0.5, 0.6) is 0 Å². The van der Waals surface area contributed by atoms with E-state index in [2.05, 4.69) is 22.4 Å². The molecule has 2 heterocycles. The van der Waals surface area contributed by atoms with Crippen LogP contribution >= 0.6 is 0 Å². The van der Waals surface area contributed by atoms with Gasteiger partial charge in [0, 0.05) is 13.0 Å². The highest BCUT2D eigenvalue weighted by molar-refractivity contribution is 5.00. The lowest BCUT2D eigenvalue weighted by atomic mass is 10.1. The van der Waals surface area contributed by atoms with Crippen LogP contribution in [0, 0.1) is 0 Å². The Balaban J connectivity index is 1.99. The molecule has 96 valence electrons.